The quantitative estimate of drug-likeness (QED) is 0.311. The Morgan fingerprint density at radius 2 is 2.00 bits per heavy atom. The standard InChI is InChI=1S/C23H24N4O2S/c1-15(21(28)18-14-24-19-11-6-5-10-17(18)19)30-23-26-25-22(20-12-7-13-29-20)27(23)16-8-3-2-4-9-16/h5-7,10-16,24H,2-4,8-9H2,1H3. The molecule has 3 aromatic heterocycles. The lowest BCUT2D eigenvalue weighted by atomic mass is 9.95. The van der Waals surface area contributed by atoms with Gasteiger partial charge in [0.25, 0.3) is 0 Å². The van der Waals surface area contributed by atoms with Crippen molar-refractivity contribution in [2.45, 2.75) is 55.5 Å². The molecule has 0 bridgehead atoms. The van der Waals surface area contributed by atoms with E-state index in [2.05, 4.69) is 19.7 Å². The van der Waals surface area contributed by atoms with Gasteiger partial charge in [0.2, 0.25) is 5.82 Å². The van der Waals surface area contributed by atoms with Crippen LogP contribution in [0, 0.1) is 0 Å². The Morgan fingerprint density at radius 1 is 1.17 bits per heavy atom. The molecular weight excluding hydrogens is 396 g/mol. The molecule has 1 atom stereocenters. The summed E-state index contributed by atoms with van der Waals surface area (Å²) < 4.78 is 7.82. The summed E-state index contributed by atoms with van der Waals surface area (Å²) in [7, 11) is 0. The summed E-state index contributed by atoms with van der Waals surface area (Å²) in [6.07, 6.45) is 9.35. The van der Waals surface area contributed by atoms with Crippen LogP contribution in [-0.2, 0) is 0 Å². The summed E-state index contributed by atoms with van der Waals surface area (Å²) in [6, 6.07) is 12.0. The maximum Gasteiger partial charge on any atom is 0.200 e. The molecule has 0 amide bonds. The highest BCUT2D eigenvalue weighted by Gasteiger charge is 2.28. The van der Waals surface area contributed by atoms with Gasteiger partial charge in [-0.3, -0.25) is 9.36 Å². The topological polar surface area (TPSA) is 76.7 Å². The minimum absolute atomic E-state index is 0.0928. The SMILES string of the molecule is CC(Sc1nnc(-c2ccco2)n1C1CCCCC1)C(=O)c1c[nH]c2ccccc12. The van der Waals surface area contributed by atoms with E-state index in [0.717, 1.165) is 46.0 Å². The van der Waals surface area contributed by atoms with Crippen LogP contribution in [0.3, 0.4) is 0 Å². The van der Waals surface area contributed by atoms with E-state index in [1.165, 1.54) is 31.0 Å². The van der Waals surface area contributed by atoms with Gasteiger partial charge in [0.05, 0.1) is 11.5 Å². The zero-order valence-corrected chi connectivity index (χ0v) is 17.7. The summed E-state index contributed by atoms with van der Waals surface area (Å²) in [4.78, 5) is 16.4. The van der Waals surface area contributed by atoms with Gasteiger partial charge in [0.15, 0.2) is 16.7 Å². The fraction of sp³-hybridized carbons (Fsp3) is 0.348. The number of benzene rings is 1. The number of carbonyl (C=O) groups excluding carboxylic acids is 1. The number of aromatic amines is 1. The number of hydrogen-bond acceptors (Lipinski definition) is 5. The number of hydrogen-bond donors (Lipinski definition) is 1. The van der Waals surface area contributed by atoms with E-state index in [0.29, 0.717) is 6.04 Å². The van der Waals surface area contributed by atoms with Crippen molar-refractivity contribution >= 4 is 28.4 Å². The third-order valence-electron chi connectivity index (χ3n) is 5.85. The zero-order chi connectivity index (χ0) is 20.5. The van der Waals surface area contributed by atoms with Crippen molar-refractivity contribution in [1.82, 2.24) is 19.7 Å². The monoisotopic (exact) mass is 420 g/mol. The van der Waals surface area contributed by atoms with Crippen molar-refractivity contribution < 1.29 is 9.21 Å². The van der Waals surface area contributed by atoms with Crippen molar-refractivity contribution in [3.05, 3.63) is 54.4 Å². The fourth-order valence-electron chi connectivity index (χ4n) is 4.31. The van der Waals surface area contributed by atoms with E-state index in [-0.39, 0.29) is 11.0 Å². The van der Waals surface area contributed by atoms with Crippen LogP contribution in [0.15, 0.2) is 58.4 Å². The third kappa shape index (κ3) is 3.47. The van der Waals surface area contributed by atoms with Gasteiger partial charge in [-0.05, 0) is 38.0 Å². The number of nitrogens with one attached hydrogen (secondary N) is 1. The molecule has 0 spiro atoms. The fourth-order valence-corrected chi connectivity index (χ4v) is 5.29. The normalized spacial score (nSPS) is 16.2. The first-order valence-corrected chi connectivity index (χ1v) is 11.4. The van der Waals surface area contributed by atoms with Gasteiger partial charge < -0.3 is 9.40 Å². The second-order valence-corrected chi connectivity index (χ2v) is 9.13. The lowest BCUT2D eigenvalue weighted by molar-refractivity contribution is 0.0995. The van der Waals surface area contributed by atoms with Crippen LogP contribution < -0.4 is 0 Å². The number of rotatable bonds is 6. The number of thioether (sulfide) groups is 1. The van der Waals surface area contributed by atoms with Gasteiger partial charge in [0, 0.05) is 28.7 Å². The average molecular weight is 421 g/mol. The predicted molar refractivity (Wildman–Crippen MR) is 118 cm³/mol. The van der Waals surface area contributed by atoms with Gasteiger partial charge in [0.1, 0.15) is 0 Å². The minimum atomic E-state index is -0.278. The molecule has 6 nitrogen and oxygen atoms in total. The molecule has 30 heavy (non-hydrogen) atoms. The number of para-hydroxylation sites is 1. The van der Waals surface area contributed by atoms with Crippen LogP contribution in [-0.4, -0.2) is 30.8 Å². The lowest BCUT2D eigenvalue weighted by Crippen LogP contribution is -2.18. The first-order valence-electron chi connectivity index (χ1n) is 10.5. The van der Waals surface area contributed by atoms with E-state index in [1.807, 2.05) is 49.5 Å². The van der Waals surface area contributed by atoms with Crippen LogP contribution in [0.25, 0.3) is 22.5 Å². The Kier molecular flexibility index (Phi) is 5.21. The van der Waals surface area contributed by atoms with Crippen molar-refractivity contribution in [2.75, 3.05) is 0 Å². The molecule has 0 saturated heterocycles. The van der Waals surface area contributed by atoms with Crippen molar-refractivity contribution in [1.29, 1.82) is 0 Å². The summed E-state index contributed by atoms with van der Waals surface area (Å²) in [6.45, 7) is 1.95. The van der Waals surface area contributed by atoms with Gasteiger partial charge in [-0.1, -0.05) is 49.2 Å². The predicted octanol–water partition coefficient (Wildman–Crippen LogP) is 5.89. The van der Waals surface area contributed by atoms with Crippen LogP contribution in [0.2, 0.25) is 0 Å². The highest BCUT2D eigenvalue weighted by Crippen LogP contribution is 2.37. The number of aromatic nitrogens is 4. The summed E-state index contributed by atoms with van der Waals surface area (Å²) in [5, 5.41) is 10.4. The van der Waals surface area contributed by atoms with E-state index in [1.54, 1.807) is 6.26 Å². The highest BCUT2D eigenvalue weighted by molar-refractivity contribution is 8.00. The van der Waals surface area contributed by atoms with Crippen molar-refractivity contribution in [2.24, 2.45) is 0 Å². The maximum absolute atomic E-state index is 13.2. The maximum atomic E-state index is 13.2. The summed E-state index contributed by atoms with van der Waals surface area (Å²) >= 11 is 1.48. The summed E-state index contributed by atoms with van der Waals surface area (Å²) in [5.74, 6) is 1.56. The number of nitrogens with zero attached hydrogens (tertiary/aromatic N) is 3. The Balaban J connectivity index is 1.46. The molecule has 154 valence electrons. The second-order valence-electron chi connectivity index (χ2n) is 7.82. The Hall–Kier alpha value is -2.80. The van der Waals surface area contributed by atoms with Crippen LogP contribution in [0.5, 0.6) is 0 Å². The number of fused-ring (bicyclic) bond motifs is 1. The van der Waals surface area contributed by atoms with Gasteiger partial charge in [-0.25, -0.2) is 0 Å². The Labute approximate surface area is 179 Å². The zero-order valence-electron chi connectivity index (χ0n) is 16.9. The third-order valence-corrected chi connectivity index (χ3v) is 6.91. The molecule has 0 aliphatic heterocycles. The van der Waals surface area contributed by atoms with Gasteiger partial charge in [-0.15, -0.1) is 10.2 Å². The number of H-pyrrole nitrogens is 1. The molecule has 7 heteroatoms. The molecule has 5 rings (SSSR count). The van der Waals surface area contributed by atoms with Gasteiger partial charge >= 0.3 is 0 Å². The molecule has 4 aromatic rings. The molecule has 1 aliphatic carbocycles. The molecule has 1 unspecified atom stereocenters. The lowest BCUT2D eigenvalue weighted by Gasteiger charge is -2.25. The summed E-state index contributed by atoms with van der Waals surface area (Å²) in [5.41, 5.74) is 1.70. The van der Waals surface area contributed by atoms with Crippen molar-refractivity contribution in [3.63, 3.8) is 0 Å². The van der Waals surface area contributed by atoms with E-state index >= 15 is 0 Å². The second kappa shape index (κ2) is 8.14. The average Bonchev–Trinajstić information content (AvgIpc) is 3.53. The molecule has 1 N–H and O–H groups in total. The molecule has 1 fully saturated rings. The highest BCUT2D eigenvalue weighted by atomic mass is 32.2. The molecule has 3 heterocycles. The van der Waals surface area contributed by atoms with Gasteiger partial charge in [-0.2, -0.15) is 0 Å². The van der Waals surface area contributed by atoms with Crippen LogP contribution >= 0.6 is 11.8 Å². The smallest absolute Gasteiger partial charge is 0.200 e. The number of carbonyl (C=O) groups is 1. The number of furan rings is 1. The van der Waals surface area contributed by atoms with Crippen LogP contribution in [0.4, 0.5) is 0 Å². The van der Waals surface area contributed by atoms with E-state index < -0.39 is 0 Å². The largest absolute Gasteiger partial charge is 0.461 e. The Bertz CT molecular complexity index is 1160. The molecule has 0 radical (unpaired) electrons. The minimum Gasteiger partial charge on any atom is -0.461 e. The molecule has 1 saturated carbocycles. The van der Waals surface area contributed by atoms with Crippen molar-refractivity contribution in [3.8, 4) is 11.6 Å². The number of ketones is 1. The number of Topliss-reactive ketones (excluding diaryl/α,β-unsaturated/α-hetero) is 1. The molecule has 1 aromatic carbocycles. The van der Waals surface area contributed by atoms with E-state index in [4.69, 9.17) is 4.42 Å². The first-order chi connectivity index (χ1) is 14.7. The first kappa shape index (κ1) is 19.2. The molecular formula is C23H24N4O2S. The molecule has 1 aliphatic rings. The Morgan fingerprint density at radius 3 is 2.80 bits per heavy atom. The van der Waals surface area contributed by atoms with E-state index in [9.17, 15) is 4.79 Å². The van der Waals surface area contributed by atoms with Crippen LogP contribution in [0.1, 0.15) is 55.4 Å².